The number of para-hydroxylation sites is 2. The molecule has 4 aromatic rings. The quantitative estimate of drug-likeness (QED) is 0.167. The molecule has 3 heterocycles. The van der Waals surface area contributed by atoms with Gasteiger partial charge in [0.05, 0.1) is 17.3 Å². The standard InChI is InChI=1S/C45H52N5/c1-8-29-48-39-19-12-10-17-36(39)44(4,5)41(48)27-25-34-15-14-16-35(43(34)50-31-38(46-47-50)33-23-21-32(3)22-24-33)26-28-42-45(6,7)37-18-11-13-20-40(37)49(42)30-9-2/h10-13,17-28,31H,8-9,14-16,29-30H2,1-7H3/q+1. The van der Waals surface area contributed by atoms with Crippen molar-refractivity contribution in [1.29, 1.82) is 0 Å². The Morgan fingerprint density at radius 1 is 0.800 bits per heavy atom. The smallest absolute Gasteiger partial charge is 0.209 e. The van der Waals surface area contributed by atoms with Gasteiger partial charge >= 0.3 is 0 Å². The molecule has 3 aliphatic rings. The first-order valence-corrected chi connectivity index (χ1v) is 18.6. The van der Waals surface area contributed by atoms with E-state index in [9.17, 15) is 0 Å². The van der Waals surface area contributed by atoms with Crippen molar-refractivity contribution in [2.24, 2.45) is 0 Å². The summed E-state index contributed by atoms with van der Waals surface area (Å²) in [6.45, 7) is 18.1. The molecular weight excluding hydrogens is 611 g/mol. The molecule has 1 aromatic heterocycles. The van der Waals surface area contributed by atoms with Crippen molar-refractivity contribution in [3.8, 4) is 11.3 Å². The van der Waals surface area contributed by atoms with Crippen LogP contribution in [0.1, 0.15) is 90.3 Å². The van der Waals surface area contributed by atoms with Crippen molar-refractivity contribution in [3.05, 3.63) is 137 Å². The predicted molar refractivity (Wildman–Crippen MR) is 209 cm³/mol. The SMILES string of the molecule is CCCN1/C(=C/C=C2\CCCC(/C=C/C3=[N+](CCC)c4ccccc4C3(C)C)=C2n2cc(-c3ccc(C)cc3)nn2)C(C)(C)c2ccccc21. The lowest BCUT2D eigenvalue weighted by Gasteiger charge is -2.27. The minimum absolute atomic E-state index is 0.0849. The van der Waals surface area contributed by atoms with Gasteiger partial charge in [0.2, 0.25) is 5.69 Å². The number of allylic oxidation sites excluding steroid dienone is 8. The Morgan fingerprint density at radius 3 is 2.30 bits per heavy atom. The van der Waals surface area contributed by atoms with Crippen LogP contribution in [-0.4, -0.2) is 38.4 Å². The first-order chi connectivity index (χ1) is 24.1. The fourth-order valence-corrected chi connectivity index (χ4v) is 8.33. The molecular formula is C45H52N5+. The van der Waals surface area contributed by atoms with Crippen molar-refractivity contribution in [1.82, 2.24) is 15.0 Å². The average molecular weight is 663 g/mol. The van der Waals surface area contributed by atoms with Gasteiger partial charge in [0.25, 0.3) is 0 Å². The molecule has 0 radical (unpaired) electrons. The van der Waals surface area contributed by atoms with Gasteiger partial charge in [-0.2, -0.15) is 4.58 Å². The van der Waals surface area contributed by atoms with Crippen LogP contribution in [-0.2, 0) is 10.8 Å². The zero-order chi connectivity index (χ0) is 35.0. The Balaban J connectivity index is 1.36. The Kier molecular flexibility index (Phi) is 9.11. The third-order valence-electron chi connectivity index (χ3n) is 10.9. The van der Waals surface area contributed by atoms with E-state index in [2.05, 4.69) is 161 Å². The van der Waals surface area contributed by atoms with E-state index in [-0.39, 0.29) is 10.8 Å². The van der Waals surface area contributed by atoms with Gasteiger partial charge < -0.3 is 4.90 Å². The maximum atomic E-state index is 4.80. The zero-order valence-electron chi connectivity index (χ0n) is 31.0. The Bertz CT molecular complexity index is 2060. The molecule has 5 heteroatoms. The third kappa shape index (κ3) is 5.91. The van der Waals surface area contributed by atoms with E-state index in [4.69, 9.17) is 10.3 Å². The Morgan fingerprint density at radius 2 is 1.54 bits per heavy atom. The molecule has 0 bridgehead atoms. The van der Waals surface area contributed by atoms with Gasteiger partial charge in [-0.05, 0) is 75.3 Å². The summed E-state index contributed by atoms with van der Waals surface area (Å²) in [6.07, 6.45) is 16.9. The van der Waals surface area contributed by atoms with E-state index in [1.54, 1.807) is 0 Å². The summed E-state index contributed by atoms with van der Waals surface area (Å²) in [7, 11) is 0. The number of fused-ring (bicyclic) bond motifs is 2. The molecule has 7 rings (SSSR count). The highest BCUT2D eigenvalue weighted by Gasteiger charge is 2.44. The van der Waals surface area contributed by atoms with Gasteiger partial charge in [0.1, 0.15) is 12.2 Å². The van der Waals surface area contributed by atoms with Crippen molar-refractivity contribution < 1.29 is 4.58 Å². The predicted octanol–water partition coefficient (Wildman–Crippen LogP) is 10.7. The van der Waals surface area contributed by atoms with E-state index in [0.717, 1.165) is 62.1 Å². The van der Waals surface area contributed by atoms with Crippen molar-refractivity contribution in [2.75, 3.05) is 18.0 Å². The van der Waals surface area contributed by atoms with Crippen LogP contribution in [0, 0.1) is 6.92 Å². The van der Waals surface area contributed by atoms with Gasteiger partial charge in [-0.3, -0.25) is 0 Å². The fraction of sp³-hybridized carbons (Fsp3) is 0.356. The monoisotopic (exact) mass is 662 g/mol. The lowest BCUT2D eigenvalue weighted by molar-refractivity contribution is -0.437. The van der Waals surface area contributed by atoms with Crippen molar-refractivity contribution in [2.45, 2.75) is 91.4 Å². The number of benzene rings is 3. The number of anilines is 1. The molecule has 0 amide bonds. The van der Waals surface area contributed by atoms with E-state index >= 15 is 0 Å². The van der Waals surface area contributed by atoms with E-state index in [0.29, 0.717) is 0 Å². The summed E-state index contributed by atoms with van der Waals surface area (Å²) < 4.78 is 4.57. The summed E-state index contributed by atoms with van der Waals surface area (Å²) >= 11 is 0. The molecule has 50 heavy (non-hydrogen) atoms. The third-order valence-corrected chi connectivity index (χ3v) is 10.9. The summed E-state index contributed by atoms with van der Waals surface area (Å²) in [5.41, 5.74) is 15.0. The van der Waals surface area contributed by atoms with Gasteiger partial charge in [-0.25, -0.2) is 4.68 Å². The van der Waals surface area contributed by atoms with Crippen molar-refractivity contribution >= 4 is 22.8 Å². The number of hydrogen-bond acceptors (Lipinski definition) is 3. The second-order valence-electron chi connectivity index (χ2n) is 15.2. The van der Waals surface area contributed by atoms with Crippen LogP contribution in [0.5, 0.6) is 0 Å². The summed E-state index contributed by atoms with van der Waals surface area (Å²) in [5, 5.41) is 9.49. The Labute approximate surface area is 299 Å². The summed E-state index contributed by atoms with van der Waals surface area (Å²) in [4.78, 5) is 2.53. The second-order valence-corrected chi connectivity index (χ2v) is 15.2. The van der Waals surface area contributed by atoms with Crippen LogP contribution in [0.2, 0.25) is 0 Å². The maximum absolute atomic E-state index is 4.80. The van der Waals surface area contributed by atoms with Gasteiger partial charge in [-0.15, -0.1) is 5.10 Å². The lowest BCUT2D eigenvalue weighted by atomic mass is 9.81. The normalized spacial score (nSPS) is 19.7. The number of hydrogen-bond donors (Lipinski definition) is 0. The molecule has 0 unspecified atom stereocenters. The van der Waals surface area contributed by atoms with Crippen LogP contribution in [0.25, 0.3) is 17.0 Å². The molecule has 0 saturated heterocycles. The highest BCUT2D eigenvalue weighted by Crippen LogP contribution is 2.48. The number of aromatic nitrogens is 3. The van der Waals surface area contributed by atoms with E-state index in [1.165, 1.54) is 50.6 Å². The molecule has 5 nitrogen and oxygen atoms in total. The first kappa shape index (κ1) is 33.7. The van der Waals surface area contributed by atoms with Gasteiger partial charge in [0.15, 0.2) is 5.71 Å². The number of aryl methyl sites for hydroxylation is 1. The molecule has 0 fully saturated rings. The highest BCUT2D eigenvalue weighted by atomic mass is 15.4. The summed E-state index contributed by atoms with van der Waals surface area (Å²) in [6, 6.07) is 26.4. The lowest BCUT2D eigenvalue weighted by Crippen LogP contribution is -2.28. The zero-order valence-corrected chi connectivity index (χ0v) is 31.0. The second kappa shape index (κ2) is 13.5. The molecule has 1 aliphatic carbocycles. The van der Waals surface area contributed by atoms with Crippen LogP contribution < -0.4 is 4.90 Å². The molecule has 2 aliphatic heterocycles. The summed E-state index contributed by atoms with van der Waals surface area (Å²) in [5.74, 6) is 0. The molecule has 0 N–H and O–H groups in total. The van der Waals surface area contributed by atoms with Crippen molar-refractivity contribution in [3.63, 3.8) is 0 Å². The average Bonchev–Trinajstić information content (AvgIpc) is 3.74. The van der Waals surface area contributed by atoms with Crippen LogP contribution in [0.4, 0.5) is 11.4 Å². The van der Waals surface area contributed by atoms with Gasteiger partial charge in [0, 0.05) is 53.0 Å². The minimum Gasteiger partial charge on any atom is -0.344 e. The van der Waals surface area contributed by atoms with Crippen LogP contribution in [0.3, 0.4) is 0 Å². The number of nitrogens with zero attached hydrogens (tertiary/aromatic N) is 5. The Hall–Kier alpha value is -4.77. The number of rotatable bonds is 9. The topological polar surface area (TPSA) is 37.0 Å². The minimum atomic E-state index is -0.0849. The first-order valence-electron chi connectivity index (χ1n) is 18.6. The maximum Gasteiger partial charge on any atom is 0.209 e. The molecule has 0 atom stereocenters. The molecule has 0 spiro atoms. The van der Waals surface area contributed by atoms with Crippen LogP contribution >= 0.6 is 0 Å². The molecule has 3 aromatic carbocycles. The van der Waals surface area contributed by atoms with Gasteiger partial charge in [-0.1, -0.05) is 111 Å². The largest absolute Gasteiger partial charge is 0.344 e. The van der Waals surface area contributed by atoms with E-state index in [1.807, 2.05) is 4.68 Å². The molecule has 0 saturated carbocycles. The molecule has 256 valence electrons. The van der Waals surface area contributed by atoms with E-state index < -0.39 is 0 Å². The highest BCUT2D eigenvalue weighted by molar-refractivity contribution is 6.03. The fourth-order valence-electron chi connectivity index (χ4n) is 8.33. The van der Waals surface area contributed by atoms with Crippen LogP contribution in [0.15, 0.2) is 120 Å².